The molecule has 1 aromatic heterocycles. The Bertz CT molecular complexity index is 1130. The summed E-state index contributed by atoms with van der Waals surface area (Å²) in [5, 5.41) is 5.67. The van der Waals surface area contributed by atoms with Crippen LogP contribution in [0.3, 0.4) is 0 Å². The van der Waals surface area contributed by atoms with E-state index in [1.165, 1.54) is 0 Å². The van der Waals surface area contributed by atoms with Crippen LogP contribution in [0.25, 0.3) is 0 Å². The van der Waals surface area contributed by atoms with E-state index in [1.807, 2.05) is 0 Å². The molecule has 2 aromatic rings. The molecule has 12 heteroatoms. The zero-order chi connectivity index (χ0) is 22.0. The van der Waals surface area contributed by atoms with E-state index in [0.717, 1.165) is 17.8 Å². The summed E-state index contributed by atoms with van der Waals surface area (Å²) in [6, 6.07) is 5.07. The molecule has 2 aliphatic rings. The third-order valence-corrected chi connectivity index (χ3v) is 5.37. The summed E-state index contributed by atoms with van der Waals surface area (Å²) in [6.45, 7) is 1.96. The summed E-state index contributed by atoms with van der Waals surface area (Å²) in [4.78, 5) is 43.4. The third-order valence-electron chi connectivity index (χ3n) is 4.47. The highest BCUT2D eigenvalue weighted by molar-refractivity contribution is 7.99. The summed E-state index contributed by atoms with van der Waals surface area (Å²) >= 11 is 1.11. The van der Waals surface area contributed by atoms with Gasteiger partial charge in [0.15, 0.2) is 16.7 Å². The zero-order valence-electron chi connectivity index (χ0n) is 16.4. The number of carbonyl (C=O) groups is 2. The maximum absolute atomic E-state index is 12.8. The van der Waals surface area contributed by atoms with Gasteiger partial charge in [-0.2, -0.15) is 0 Å². The Labute approximate surface area is 180 Å². The molecular formula is C19H19N5O6S. The van der Waals surface area contributed by atoms with Crippen molar-refractivity contribution in [2.24, 2.45) is 0 Å². The van der Waals surface area contributed by atoms with Crippen LogP contribution in [0, 0.1) is 0 Å². The Hall–Kier alpha value is -3.67. The highest BCUT2D eigenvalue weighted by atomic mass is 32.2. The molecule has 0 saturated carbocycles. The predicted octanol–water partition coefficient (Wildman–Crippen LogP) is 1.04. The number of aromatic amines is 1. The molecular weight excluding hydrogens is 426 g/mol. The number of thioether (sulfide) groups is 1. The monoisotopic (exact) mass is 445 g/mol. The number of hydrogen-bond donors (Lipinski definition) is 4. The minimum atomic E-state index is -0.772. The van der Waals surface area contributed by atoms with Crippen LogP contribution in [0.4, 0.5) is 10.6 Å². The zero-order valence-corrected chi connectivity index (χ0v) is 17.2. The molecule has 4 rings (SSSR count). The van der Waals surface area contributed by atoms with E-state index >= 15 is 0 Å². The number of nitrogens with zero attached hydrogens (tertiary/aromatic N) is 1. The van der Waals surface area contributed by atoms with E-state index in [2.05, 4.69) is 20.6 Å². The molecule has 31 heavy (non-hydrogen) atoms. The number of carbonyl (C=O) groups excluding carboxylic acids is 2. The first kappa shape index (κ1) is 20.6. The van der Waals surface area contributed by atoms with Gasteiger partial charge in [0.1, 0.15) is 5.82 Å². The molecule has 1 atom stereocenters. The van der Waals surface area contributed by atoms with Crippen LogP contribution in [0.5, 0.6) is 11.5 Å². The lowest BCUT2D eigenvalue weighted by Crippen LogP contribution is -2.46. The van der Waals surface area contributed by atoms with Crippen LogP contribution in [0.15, 0.2) is 45.5 Å². The quantitative estimate of drug-likeness (QED) is 0.290. The maximum Gasteiger partial charge on any atom is 0.338 e. The van der Waals surface area contributed by atoms with Gasteiger partial charge in [-0.25, -0.2) is 14.6 Å². The van der Waals surface area contributed by atoms with E-state index in [-0.39, 0.29) is 35.7 Å². The van der Waals surface area contributed by atoms with Gasteiger partial charge in [0.05, 0.1) is 18.2 Å². The number of fused-ring (bicyclic) bond motifs is 1. The largest absolute Gasteiger partial charge is 0.463 e. The lowest BCUT2D eigenvalue weighted by Gasteiger charge is -2.29. The average Bonchev–Trinajstić information content (AvgIpc) is 3.19. The number of anilines is 1. The molecule has 3 heterocycles. The number of ether oxygens (including phenoxy) is 3. The van der Waals surface area contributed by atoms with Gasteiger partial charge in [-0.1, -0.05) is 17.8 Å². The van der Waals surface area contributed by atoms with Crippen molar-refractivity contribution in [2.75, 3.05) is 24.9 Å². The lowest BCUT2D eigenvalue weighted by molar-refractivity contribution is -0.139. The number of aromatic nitrogens is 2. The van der Waals surface area contributed by atoms with E-state index in [4.69, 9.17) is 19.9 Å². The number of urea groups is 1. The van der Waals surface area contributed by atoms with Gasteiger partial charge in [0.25, 0.3) is 5.56 Å². The smallest absolute Gasteiger partial charge is 0.338 e. The normalized spacial score (nSPS) is 17.2. The Kier molecular flexibility index (Phi) is 5.71. The molecule has 0 bridgehead atoms. The van der Waals surface area contributed by atoms with Crippen molar-refractivity contribution >= 4 is 29.6 Å². The van der Waals surface area contributed by atoms with Gasteiger partial charge in [-0.05, 0) is 24.6 Å². The fourth-order valence-electron chi connectivity index (χ4n) is 3.19. The van der Waals surface area contributed by atoms with Crippen molar-refractivity contribution in [3.63, 3.8) is 0 Å². The summed E-state index contributed by atoms with van der Waals surface area (Å²) < 4.78 is 16.0. The molecule has 0 unspecified atom stereocenters. The SMILES string of the molecule is CCOC(=O)C1=C(CSc2nc(N)cc(=O)[nH]2)NC(=O)N[C@H]1c1ccc2c(c1)OCO2. The first-order chi connectivity index (χ1) is 14.9. The number of esters is 1. The van der Waals surface area contributed by atoms with Crippen molar-refractivity contribution in [2.45, 2.75) is 18.1 Å². The highest BCUT2D eigenvalue weighted by Gasteiger charge is 2.34. The van der Waals surface area contributed by atoms with E-state index < -0.39 is 23.6 Å². The van der Waals surface area contributed by atoms with Crippen molar-refractivity contribution in [3.8, 4) is 11.5 Å². The topological polar surface area (TPSA) is 158 Å². The van der Waals surface area contributed by atoms with Gasteiger partial charge in [-0.3, -0.25) is 4.79 Å². The van der Waals surface area contributed by atoms with Crippen LogP contribution >= 0.6 is 11.8 Å². The molecule has 0 spiro atoms. The first-order valence-corrected chi connectivity index (χ1v) is 10.3. The highest BCUT2D eigenvalue weighted by Crippen LogP contribution is 2.37. The summed E-state index contributed by atoms with van der Waals surface area (Å²) in [7, 11) is 0. The van der Waals surface area contributed by atoms with Gasteiger partial charge < -0.3 is 35.6 Å². The molecule has 162 valence electrons. The van der Waals surface area contributed by atoms with Crippen molar-refractivity contribution in [1.82, 2.24) is 20.6 Å². The van der Waals surface area contributed by atoms with Gasteiger partial charge >= 0.3 is 12.0 Å². The van der Waals surface area contributed by atoms with E-state index in [9.17, 15) is 14.4 Å². The summed E-state index contributed by atoms with van der Waals surface area (Å²) in [5.74, 6) is 0.722. The summed E-state index contributed by atoms with van der Waals surface area (Å²) in [6.07, 6.45) is 0. The average molecular weight is 445 g/mol. The molecule has 0 radical (unpaired) electrons. The minimum absolute atomic E-state index is 0.0680. The van der Waals surface area contributed by atoms with Crippen LogP contribution in [0.2, 0.25) is 0 Å². The van der Waals surface area contributed by atoms with Crippen LogP contribution in [0.1, 0.15) is 18.5 Å². The Balaban J connectivity index is 1.70. The Morgan fingerprint density at radius 1 is 1.29 bits per heavy atom. The number of benzene rings is 1. The van der Waals surface area contributed by atoms with Crippen molar-refractivity contribution in [3.05, 3.63) is 51.5 Å². The maximum atomic E-state index is 12.8. The van der Waals surface area contributed by atoms with Gasteiger partial charge in [0.2, 0.25) is 6.79 Å². The predicted molar refractivity (Wildman–Crippen MR) is 111 cm³/mol. The molecule has 5 N–H and O–H groups in total. The fraction of sp³-hybridized carbons (Fsp3) is 0.263. The lowest BCUT2D eigenvalue weighted by atomic mass is 9.95. The number of rotatable bonds is 6. The molecule has 11 nitrogen and oxygen atoms in total. The number of nitrogen functional groups attached to an aromatic ring is 1. The first-order valence-electron chi connectivity index (χ1n) is 9.31. The Morgan fingerprint density at radius 2 is 2.10 bits per heavy atom. The molecule has 1 aromatic carbocycles. The fourth-order valence-corrected chi connectivity index (χ4v) is 4.04. The second-order valence-electron chi connectivity index (χ2n) is 6.52. The van der Waals surface area contributed by atoms with E-state index in [0.29, 0.717) is 22.8 Å². The number of hydrogen-bond acceptors (Lipinski definition) is 9. The van der Waals surface area contributed by atoms with Gasteiger partial charge in [-0.15, -0.1) is 0 Å². The van der Waals surface area contributed by atoms with E-state index in [1.54, 1.807) is 25.1 Å². The second-order valence-corrected chi connectivity index (χ2v) is 7.49. The number of nitrogens with two attached hydrogens (primary N) is 1. The number of amides is 2. The molecule has 2 amide bonds. The number of H-pyrrole nitrogens is 1. The van der Waals surface area contributed by atoms with Crippen molar-refractivity contribution < 1.29 is 23.8 Å². The Morgan fingerprint density at radius 3 is 2.87 bits per heavy atom. The number of nitrogens with one attached hydrogen (secondary N) is 3. The molecule has 2 aliphatic heterocycles. The van der Waals surface area contributed by atoms with Gasteiger partial charge in [0, 0.05) is 17.5 Å². The third kappa shape index (κ3) is 4.43. The molecule has 0 saturated heterocycles. The van der Waals surface area contributed by atoms with Crippen LogP contribution in [-0.4, -0.2) is 41.1 Å². The van der Waals surface area contributed by atoms with Crippen molar-refractivity contribution in [1.29, 1.82) is 0 Å². The minimum Gasteiger partial charge on any atom is -0.463 e. The summed E-state index contributed by atoms with van der Waals surface area (Å²) in [5.41, 5.74) is 6.41. The second kappa shape index (κ2) is 8.60. The van der Waals surface area contributed by atoms with Crippen LogP contribution in [-0.2, 0) is 9.53 Å². The molecule has 0 fully saturated rings. The standard InChI is InChI=1S/C19H19N5O6S/c1-2-28-17(26)15-10(7-31-19-22-13(20)6-14(25)23-19)21-18(27)24-16(15)9-3-4-11-12(5-9)30-8-29-11/h3-6,16H,2,7-8H2,1H3,(H2,21,24,27)(H3,20,22,23,25)/t16-/m0/s1. The molecule has 0 aliphatic carbocycles. The van der Waals surface area contributed by atoms with Crippen LogP contribution < -0.4 is 31.4 Å².